The monoisotopic (exact) mass is 367 g/mol. The highest BCUT2D eigenvalue weighted by Crippen LogP contribution is 2.25. The summed E-state index contributed by atoms with van der Waals surface area (Å²) in [6.07, 6.45) is 4.13. The Labute approximate surface area is 157 Å². The third-order valence-electron chi connectivity index (χ3n) is 4.91. The predicted octanol–water partition coefficient (Wildman–Crippen LogP) is 3.27. The van der Waals surface area contributed by atoms with Crippen LogP contribution >= 0.6 is 0 Å². The first-order valence-corrected chi connectivity index (χ1v) is 9.19. The predicted molar refractivity (Wildman–Crippen MR) is 101 cm³/mol. The fourth-order valence-corrected chi connectivity index (χ4v) is 3.47. The van der Waals surface area contributed by atoms with Crippen LogP contribution < -0.4 is 10.2 Å². The third kappa shape index (κ3) is 3.49. The van der Waals surface area contributed by atoms with E-state index in [4.69, 9.17) is 0 Å². The highest BCUT2D eigenvalue weighted by molar-refractivity contribution is 5.94. The first-order chi connectivity index (χ1) is 13.0. The van der Waals surface area contributed by atoms with Gasteiger partial charge in [0.15, 0.2) is 11.5 Å². The van der Waals surface area contributed by atoms with E-state index in [2.05, 4.69) is 20.3 Å². The van der Waals surface area contributed by atoms with Crippen LogP contribution in [0, 0.1) is 12.7 Å². The Morgan fingerprint density at radius 3 is 2.63 bits per heavy atom. The summed E-state index contributed by atoms with van der Waals surface area (Å²) in [5, 5.41) is 7.37. The number of anilines is 1. The van der Waals surface area contributed by atoms with Gasteiger partial charge in [-0.3, -0.25) is 4.79 Å². The molecule has 27 heavy (non-hydrogen) atoms. The average Bonchev–Trinajstić information content (AvgIpc) is 3.31. The number of rotatable bonds is 4. The lowest BCUT2D eigenvalue weighted by Crippen LogP contribution is -2.27. The topological polar surface area (TPSA) is 62.5 Å². The number of fused-ring (bicyclic) bond motifs is 1. The summed E-state index contributed by atoms with van der Waals surface area (Å²) in [7, 11) is 0. The lowest BCUT2D eigenvalue weighted by Gasteiger charge is -2.17. The van der Waals surface area contributed by atoms with Crippen molar-refractivity contribution in [2.45, 2.75) is 32.7 Å². The fraction of sp³-hybridized carbons (Fsp3) is 0.350. The molecule has 1 amide bonds. The molecule has 1 saturated heterocycles. The molecule has 1 aliphatic rings. The number of aromatic nitrogens is 3. The molecule has 0 radical (unpaired) electrons. The van der Waals surface area contributed by atoms with E-state index in [1.807, 2.05) is 20.0 Å². The number of nitrogens with zero attached hydrogens (tertiary/aromatic N) is 4. The van der Waals surface area contributed by atoms with E-state index in [-0.39, 0.29) is 17.8 Å². The van der Waals surface area contributed by atoms with Gasteiger partial charge in [-0.25, -0.2) is 13.9 Å². The van der Waals surface area contributed by atoms with E-state index in [1.165, 1.54) is 12.1 Å². The highest BCUT2D eigenvalue weighted by Gasteiger charge is 2.21. The summed E-state index contributed by atoms with van der Waals surface area (Å²) in [5.74, 6) is 0.320. The molecule has 1 fully saturated rings. The van der Waals surface area contributed by atoms with E-state index in [1.54, 1.807) is 22.7 Å². The number of hydrogen-bond acceptors (Lipinski definition) is 4. The molecule has 2 aromatic heterocycles. The van der Waals surface area contributed by atoms with Crippen LogP contribution in [0.3, 0.4) is 0 Å². The van der Waals surface area contributed by atoms with Crippen molar-refractivity contribution in [1.29, 1.82) is 0 Å². The summed E-state index contributed by atoms with van der Waals surface area (Å²) in [4.78, 5) is 19.6. The number of hydrogen-bond donors (Lipinski definition) is 1. The highest BCUT2D eigenvalue weighted by atomic mass is 19.1. The van der Waals surface area contributed by atoms with Crippen molar-refractivity contribution in [2.75, 3.05) is 18.0 Å². The summed E-state index contributed by atoms with van der Waals surface area (Å²) in [6, 6.07) is 7.65. The smallest absolute Gasteiger partial charge is 0.272 e. The van der Waals surface area contributed by atoms with Crippen molar-refractivity contribution >= 4 is 17.2 Å². The van der Waals surface area contributed by atoms with Crippen molar-refractivity contribution in [3.05, 3.63) is 59.3 Å². The third-order valence-corrected chi connectivity index (χ3v) is 4.91. The normalized spacial score (nSPS) is 15.3. The minimum atomic E-state index is -0.296. The maximum absolute atomic E-state index is 13.1. The molecule has 7 heteroatoms. The molecule has 0 saturated carbocycles. The van der Waals surface area contributed by atoms with Crippen molar-refractivity contribution in [3.8, 4) is 0 Å². The minimum Gasteiger partial charge on any atom is -0.355 e. The van der Waals surface area contributed by atoms with Crippen LogP contribution in [0.5, 0.6) is 0 Å². The van der Waals surface area contributed by atoms with Crippen LogP contribution in [0.2, 0.25) is 0 Å². The van der Waals surface area contributed by atoms with Gasteiger partial charge in [0, 0.05) is 19.2 Å². The summed E-state index contributed by atoms with van der Waals surface area (Å²) < 4.78 is 14.8. The Balaban J connectivity index is 1.60. The molecule has 0 bridgehead atoms. The quantitative estimate of drug-likeness (QED) is 0.769. The fourth-order valence-electron chi connectivity index (χ4n) is 3.47. The Hall–Kier alpha value is -2.96. The van der Waals surface area contributed by atoms with E-state index in [0.29, 0.717) is 5.69 Å². The van der Waals surface area contributed by atoms with Crippen molar-refractivity contribution in [1.82, 2.24) is 19.9 Å². The van der Waals surface area contributed by atoms with Crippen molar-refractivity contribution in [2.24, 2.45) is 0 Å². The van der Waals surface area contributed by atoms with Gasteiger partial charge in [0.05, 0.1) is 17.9 Å². The number of halogens is 1. The first kappa shape index (κ1) is 17.5. The maximum Gasteiger partial charge on any atom is 0.272 e. The zero-order valence-corrected chi connectivity index (χ0v) is 15.4. The molecule has 0 spiro atoms. The second-order valence-corrected chi connectivity index (χ2v) is 7.01. The Morgan fingerprint density at radius 1 is 1.22 bits per heavy atom. The molecule has 1 atom stereocenters. The number of amides is 1. The van der Waals surface area contributed by atoms with Crippen LogP contribution in [0.15, 0.2) is 36.5 Å². The van der Waals surface area contributed by atoms with Crippen molar-refractivity contribution in [3.63, 3.8) is 0 Å². The molecule has 0 aliphatic carbocycles. The van der Waals surface area contributed by atoms with Gasteiger partial charge in [-0.2, -0.15) is 5.10 Å². The molecular weight excluding hydrogens is 345 g/mol. The molecule has 140 valence electrons. The second-order valence-electron chi connectivity index (χ2n) is 7.01. The molecule has 3 aromatic rings. The van der Waals surface area contributed by atoms with Gasteiger partial charge in [-0.15, -0.1) is 0 Å². The number of benzene rings is 1. The lowest BCUT2D eigenvalue weighted by atomic mass is 10.1. The molecule has 1 aliphatic heterocycles. The zero-order chi connectivity index (χ0) is 19.0. The lowest BCUT2D eigenvalue weighted by molar-refractivity contribution is 0.0934. The number of carbonyl (C=O) groups is 1. The number of aryl methyl sites for hydroxylation is 1. The first-order valence-electron chi connectivity index (χ1n) is 9.19. The van der Waals surface area contributed by atoms with E-state index >= 15 is 0 Å². The maximum atomic E-state index is 13.1. The SMILES string of the molecule is Cc1cn2nc(C(=O)N[C@@H](C)c3ccc(F)cc3)cc2c(N2CCCC2)n1. The largest absolute Gasteiger partial charge is 0.355 e. The van der Waals surface area contributed by atoms with Gasteiger partial charge < -0.3 is 10.2 Å². The Bertz CT molecular complexity index is 976. The van der Waals surface area contributed by atoms with Crippen molar-refractivity contribution < 1.29 is 9.18 Å². The molecule has 1 aromatic carbocycles. The summed E-state index contributed by atoms with van der Waals surface area (Å²) in [6.45, 7) is 5.74. The van der Waals surface area contributed by atoms with Gasteiger partial charge >= 0.3 is 0 Å². The van der Waals surface area contributed by atoms with Gasteiger partial charge in [-0.05, 0) is 44.4 Å². The van der Waals surface area contributed by atoms with Crippen LogP contribution in [-0.2, 0) is 0 Å². The van der Waals surface area contributed by atoms with Crippen LogP contribution in [0.4, 0.5) is 10.2 Å². The minimum absolute atomic E-state index is 0.249. The zero-order valence-electron chi connectivity index (χ0n) is 15.4. The molecule has 0 unspecified atom stereocenters. The summed E-state index contributed by atoms with van der Waals surface area (Å²) >= 11 is 0. The van der Waals surface area contributed by atoms with Crippen LogP contribution in [-0.4, -0.2) is 33.6 Å². The Kier molecular flexibility index (Phi) is 4.51. The second kappa shape index (κ2) is 6.98. The molecule has 3 heterocycles. The van der Waals surface area contributed by atoms with Gasteiger partial charge in [0.25, 0.3) is 5.91 Å². The van der Waals surface area contributed by atoms with Gasteiger partial charge in [-0.1, -0.05) is 12.1 Å². The molecular formula is C20H22FN5O. The van der Waals surface area contributed by atoms with E-state index in [0.717, 1.165) is 48.5 Å². The van der Waals surface area contributed by atoms with Gasteiger partial charge in [0.1, 0.15) is 11.3 Å². The van der Waals surface area contributed by atoms with Crippen LogP contribution in [0.1, 0.15) is 47.6 Å². The standard InChI is InChI=1S/C20H22FN5O/c1-13-12-26-18(19(22-13)25-9-3-4-10-25)11-17(24-26)20(27)23-14(2)15-5-7-16(21)8-6-15/h5-8,11-12,14H,3-4,9-10H2,1-2H3,(H,23,27)/t14-/m0/s1. The molecule has 1 N–H and O–H groups in total. The van der Waals surface area contributed by atoms with Gasteiger partial charge in [0.2, 0.25) is 0 Å². The Morgan fingerprint density at radius 2 is 1.93 bits per heavy atom. The van der Waals surface area contributed by atoms with Crippen LogP contribution in [0.25, 0.3) is 5.52 Å². The summed E-state index contributed by atoms with van der Waals surface area (Å²) in [5.41, 5.74) is 2.88. The van der Waals surface area contributed by atoms with E-state index in [9.17, 15) is 9.18 Å². The van der Waals surface area contributed by atoms with E-state index < -0.39 is 0 Å². The average molecular weight is 367 g/mol. The number of nitrogens with one attached hydrogen (secondary N) is 1. The molecule has 4 rings (SSSR count). The number of carbonyl (C=O) groups excluding carboxylic acids is 1. The molecule has 6 nitrogen and oxygen atoms in total.